The Morgan fingerprint density at radius 1 is 1.43 bits per heavy atom. The van der Waals surface area contributed by atoms with E-state index in [9.17, 15) is 8.42 Å². The van der Waals surface area contributed by atoms with Crippen LogP contribution in [0, 0.1) is 0 Å². The SMILES string of the molecule is C[C@@H](CNS(C)(=O)=O)N1CCOCC1. The molecule has 0 saturated carbocycles. The molecule has 0 bridgehead atoms. The Kier molecular flexibility index (Phi) is 4.31. The molecule has 1 saturated heterocycles. The summed E-state index contributed by atoms with van der Waals surface area (Å²) in [5.41, 5.74) is 0. The van der Waals surface area contributed by atoms with Crippen LogP contribution in [-0.4, -0.2) is 58.5 Å². The molecule has 1 heterocycles. The van der Waals surface area contributed by atoms with Crippen LogP contribution >= 0.6 is 0 Å². The minimum atomic E-state index is -3.07. The molecule has 0 aromatic heterocycles. The number of sulfonamides is 1. The van der Waals surface area contributed by atoms with Gasteiger partial charge in [-0.25, -0.2) is 13.1 Å². The summed E-state index contributed by atoms with van der Waals surface area (Å²) in [5.74, 6) is 0. The lowest BCUT2D eigenvalue weighted by Crippen LogP contribution is -2.47. The first-order valence-corrected chi connectivity index (χ1v) is 6.64. The van der Waals surface area contributed by atoms with E-state index in [2.05, 4.69) is 9.62 Å². The second-order valence-corrected chi connectivity index (χ2v) is 5.45. The Morgan fingerprint density at radius 3 is 2.50 bits per heavy atom. The largest absolute Gasteiger partial charge is 0.379 e. The summed E-state index contributed by atoms with van der Waals surface area (Å²) in [6, 6.07) is 0.230. The van der Waals surface area contributed by atoms with E-state index in [1.807, 2.05) is 6.92 Å². The van der Waals surface area contributed by atoms with Crippen molar-refractivity contribution in [3.8, 4) is 0 Å². The Labute approximate surface area is 85.5 Å². The van der Waals surface area contributed by atoms with Crippen molar-refractivity contribution in [2.75, 3.05) is 39.1 Å². The maximum absolute atomic E-state index is 10.9. The van der Waals surface area contributed by atoms with Crippen LogP contribution < -0.4 is 4.72 Å². The lowest BCUT2D eigenvalue weighted by atomic mass is 10.2. The van der Waals surface area contributed by atoms with Crippen molar-refractivity contribution in [1.29, 1.82) is 0 Å². The molecule has 1 N–H and O–H groups in total. The number of nitrogens with one attached hydrogen (secondary N) is 1. The van der Waals surface area contributed by atoms with Gasteiger partial charge in [0, 0.05) is 25.7 Å². The lowest BCUT2D eigenvalue weighted by Gasteiger charge is -2.32. The van der Waals surface area contributed by atoms with Gasteiger partial charge in [0.2, 0.25) is 10.0 Å². The van der Waals surface area contributed by atoms with Crippen LogP contribution in [0.15, 0.2) is 0 Å². The van der Waals surface area contributed by atoms with Crippen molar-refractivity contribution in [3.63, 3.8) is 0 Å². The van der Waals surface area contributed by atoms with Gasteiger partial charge in [0.15, 0.2) is 0 Å². The number of hydrogen-bond donors (Lipinski definition) is 1. The first-order valence-electron chi connectivity index (χ1n) is 4.75. The van der Waals surface area contributed by atoms with Crippen LogP contribution in [0.25, 0.3) is 0 Å². The molecule has 5 nitrogen and oxygen atoms in total. The number of morpholine rings is 1. The zero-order chi connectivity index (χ0) is 10.6. The highest BCUT2D eigenvalue weighted by molar-refractivity contribution is 7.88. The van der Waals surface area contributed by atoms with E-state index in [4.69, 9.17) is 4.74 Å². The molecule has 0 aromatic rings. The van der Waals surface area contributed by atoms with E-state index in [1.165, 1.54) is 6.26 Å². The van der Waals surface area contributed by atoms with E-state index in [0.717, 1.165) is 26.3 Å². The number of nitrogens with zero attached hydrogens (tertiary/aromatic N) is 1. The van der Waals surface area contributed by atoms with Gasteiger partial charge in [0.1, 0.15) is 0 Å². The Balaban J connectivity index is 2.30. The molecule has 1 fully saturated rings. The first kappa shape index (κ1) is 11.9. The third-order valence-electron chi connectivity index (χ3n) is 2.31. The van der Waals surface area contributed by atoms with Gasteiger partial charge in [-0.05, 0) is 6.92 Å². The van der Waals surface area contributed by atoms with Crippen LogP contribution in [-0.2, 0) is 14.8 Å². The summed E-state index contributed by atoms with van der Waals surface area (Å²) in [5, 5.41) is 0. The predicted molar refractivity (Wildman–Crippen MR) is 54.7 cm³/mol. The van der Waals surface area contributed by atoms with E-state index in [-0.39, 0.29) is 6.04 Å². The fraction of sp³-hybridized carbons (Fsp3) is 1.00. The molecule has 6 heteroatoms. The van der Waals surface area contributed by atoms with Gasteiger partial charge in [-0.1, -0.05) is 0 Å². The summed E-state index contributed by atoms with van der Waals surface area (Å²) >= 11 is 0. The molecule has 84 valence electrons. The summed E-state index contributed by atoms with van der Waals surface area (Å²) in [7, 11) is -3.07. The molecule has 0 aromatic carbocycles. The van der Waals surface area contributed by atoms with Gasteiger partial charge >= 0.3 is 0 Å². The number of rotatable bonds is 4. The van der Waals surface area contributed by atoms with Gasteiger partial charge in [-0.15, -0.1) is 0 Å². The van der Waals surface area contributed by atoms with E-state index >= 15 is 0 Å². The lowest BCUT2D eigenvalue weighted by molar-refractivity contribution is 0.0213. The molecule has 1 aliphatic heterocycles. The molecular weight excluding hydrogens is 204 g/mol. The molecule has 1 rings (SSSR count). The smallest absolute Gasteiger partial charge is 0.208 e. The maximum Gasteiger partial charge on any atom is 0.208 e. The minimum absolute atomic E-state index is 0.230. The van der Waals surface area contributed by atoms with Gasteiger partial charge in [-0.3, -0.25) is 4.90 Å². The highest BCUT2D eigenvalue weighted by Gasteiger charge is 2.17. The Hall–Kier alpha value is -0.170. The van der Waals surface area contributed by atoms with Gasteiger partial charge in [0.25, 0.3) is 0 Å². The third kappa shape index (κ3) is 4.36. The average molecular weight is 222 g/mol. The topological polar surface area (TPSA) is 58.6 Å². The third-order valence-corrected chi connectivity index (χ3v) is 3.00. The van der Waals surface area contributed by atoms with Crippen LogP contribution in [0.3, 0.4) is 0 Å². The van der Waals surface area contributed by atoms with E-state index in [0.29, 0.717) is 6.54 Å². The zero-order valence-electron chi connectivity index (χ0n) is 8.69. The van der Waals surface area contributed by atoms with Gasteiger partial charge in [-0.2, -0.15) is 0 Å². The summed E-state index contributed by atoms with van der Waals surface area (Å²) in [4.78, 5) is 2.22. The van der Waals surface area contributed by atoms with E-state index in [1.54, 1.807) is 0 Å². The summed E-state index contributed by atoms with van der Waals surface area (Å²) < 4.78 is 29.5. The summed E-state index contributed by atoms with van der Waals surface area (Å²) in [6.07, 6.45) is 1.18. The normalized spacial score (nSPS) is 22.1. The van der Waals surface area contributed by atoms with Crippen molar-refractivity contribution in [2.24, 2.45) is 0 Å². The maximum atomic E-state index is 10.9. The molecule has 1 atom stereocenters. The quantitative estimate of drug-likeness (QED) is 0.680. The second kappa shape index (κ2) is 5.06. The summed E-state index contributed by atoms with van der Waals surface area (Å²) in [6.45, 7) is 5.73. The van der Waals surface area contributed by atoms with Crippen molar-refractivity contribution in [1.82, 2.24) is 9.62 Å². The zero-order valence-corrected chi connectivity index (χ0v) is 9.51. The molecule has 0 amide bonds. The molecule has 1 aliphatic rings. The minimum Gasteiger partial charge on any atom is -0.379 e. The fourth-order valence-corrected chi connectivity index (χ4v) is 1.96. The highest BCUT2D eigenvalue weighted by Crippen LogP contribution is 2.02. The average Bonchev–Trinajstić information content (AvgIpc) is 2.14. The van der Waals surface area contributed by atoms with Crippen LogP contribution in [0.4, 0.5) is 0 Å². The molecule has 0 spiro atoms. The monoisotopic (exact) mass is 222 g/mol. The van der Waals surface area contributed by atoms with Crippen LogP contribution in [0.1, 0.15) is 6.92 Å². The van der Waals surface area contributed by atoms with E-state index < -0.39 is 10.0 Å². The van der Waals surface area contributed by atoms with Gasteiger partial charge in [0.05, 0.1) is 19.5 Å². The fourth-order valence-electron chi connectivity index (χ4n) is 1.42. The predicted octanol–water partition coefficient (Wildman–Crippen LogP) is -0.744. The molecule has 14 heavy (non-hydrogen) atoms. The molecule has 0 radical (unpaired) electrons. The van der Waals surface area contributed by atoms with Crippen molar-refractivity contribution >= 4 is 10.0 Å². The first-order chi connectivity index (χ1) is 6.49. The second-order valence-electron chi connectivity index (χ2n) is 3.62. The number of hydrogen-bond acceptors (Lipinski definition) is 4. The van der Waals surface area contributed by atoms with Crippen LogP contribution in [0.2, 0.25) is 0 Å². The Morgan fingerprint density at radius 2 is 2.00 bits per heavy atom. The molecule has 0 aliphatic carbocycles. The Bertz CT molecular complexity index is 260. The molecule has 0 unspecified atom stereocenters. The van der Waals surface area contributed by atoms with Crippen molar-refractivity contribution < 1.29 is 13.2 Å². The highest BCUT2D eigenvalue weighted by atomic mass is 32.2. The molecular formula is C8H18N2O3S. The van der Waals surface area contributed by atoms with Crippen LogP contribution in [0.5, 0.6) is 0 Å². The van der Waals surface area contributed by atoms with Gasteiger partial charge < -0.3 is 4.74 Å². The standard InChI is InChI=1S/C8H18N2O3S/c1-8(7-9-14(2,11)12)10-3-5-13-6-4-10/h8-9H,3-7H2,1-2H3/t8-/m0/s1. The van der Waals surface area contributed by atoms with Crippen molar-refractivity contribution in [3.05, 3.63) is 0 Å². The number of ether oxygens (including phenoxy) is 1. The van der Waals surface area contributed by atoms with Crippen molar-refractivity contribution in [2.45, 2.75) is 13.0 Å².